The Morgan fingerprint density at radius 2 is 2.07 bits per heavy atom. The van der Waals surface area contributed by atoms with Crippen molar-refractivity contribution < 1.29 is 4.79 Å². The number of likely N-dealkylation sites (N-methyl/N-ethyl adjacent to an activating group) is 1. The maximum Gasteiger partial charge on any atom is 0.220 e. The monoisotopic (exact) mass is 230 g/mol. The second-order valence-corrected chi connectivity index (χ2v) is 5.19. The van der Waals surface area contributed by atoms with Crippen LogP contribution in [-0.2, 0) is 4.79 Å². The van der Waals surface area contributed by atoms with Crippen LogP contribution in [0, 0.1) is 5.92 Å². The fraction of sp³-hybridized carbons (Fsp3) is 0.909. The lowest BCUT2D eigenvalue weighted by Gasteiger charge is -2.20. The predicted octanol–water partition coefficient (Wildman–Crippen LogP) is 1.25. The van der Waals surface area contributed by atoms with E-state index in [0.717, 1.165) is 26.1 Å². The van der Waals surface area contributed by atoms with Gasteiger partial charge in [-0.05, 0) is 36.8 Å². The van der Waals surface area contributed by atoms with Crippen LogP contribution in [0.2, 0.25) is 0 Å². The molecule has 0 aliphatic carbocycles. The van der Waals surface area contributed by atoms with E-state index in [1.54, 1.807) is 0 Å². The molecule has 15 heavy (non-hydrogen) atoms. The normalized spacial score (nSPS) is 17.7. The molecule has 1 aliphatic heterocycles. The average Bonchev–Trinajstić information content (AvgIpc) is 2.26. The maximum atomic E-state index is 11.5. The van der Waals surface area contributed by atoms with E-state index in [1.165, 1.54) is 24.3 Å². The van der Waals surface area contributed by atoms with E-state index in [9.17, 15) is 4.79 Å². The highest BCUT2D eigenvalue weighted by atomic mass is 32.2. The van der Waals surface area contributed by atoms with Crippen LogP contribution in [0.1, 0.15) is 26.2 Å². The van der Waals surface area contributed by atoms with Gasteiger partial charge in [-0.15, -0.1) is 0 Å². The van der Waals surface area contributed by atoms with Gasteiger partial charge in [0, 0.05) is 19.5 Å². The summed E-state index contributed by atoms with van der Waals surface area (Å²) in [4.78, 5) is 11.5. The Morgan fingerprint density at radius 3 is 2.73 bits per heavy atom. The molecule has 0 aromatic heterocycles. The first-order valence-corrected chi connectivity index (χ1v) is 7.03. The van der Waals surface area contributed by atoms with Gasteiger partial charge in [-0.3, -0.25) is 4.79 Å². The predicted molar refractivity (Wildman–Crippen MR) is 66.2 cm³/mol. The first-order valence-electron chi connectivity index (χ1n) is 5.88. The van der Waals surface area contributed by atoms with Gasteiger partial charge in [0.25, 0.3) is 0 Å². The van der Waals surface area contributed by atoms with Gasteiger partial charge in [-0.1, -0.05) is 6.92 Å². The van der Waals surface area contributed by atoms with E-state index in [1.807, 2.05) is 11.8 Å². The van der Waals surface area contributed by atoms with Crippen molar-refractivity contribution >= 4 is 17.7 Å². The number of rotatable bonds is 6. The minimum atomic E-state index is 0.227. The molecule has 0 saturated carbocycles. The number of thioether (sulfide) groups is 1. The molecule has 4 heteroatoms. The topological polar surface area (TPSA) is 41.1 Å². The summed E-state index contributed by atoms with van der Waals surface area (Å²) < 4.78 is 0. The number of nitrogens with one attached hydrogen (secondary N) is 2. The van der Waals surface area contributed by atoms with Crippen LogP contribution in [0.5, 0.6) is 0 Å². The van der Waals surface area contributed by atoms with Gasteiger partial charge in [-0.25, -0.2) is 0 Å². The van der Waals surface area contributed by atoms with Crippen LogP contribution in [0.15, 0.2) is 0 Å². The summed E-state index contributed by atoms with van der Waals surface area (Å²) in [6, 6.07) is 0. The zero-order chi connectivity index (χ0) is 10.9. The van der Waals surface area contributed by atoms with Crippen molar-refractivity contribution in [2.45, 2.75) is 26.2 Å². The Labute approximate surface area is 96.8 Å². The van der Waals surface area contributed by atoms with Gasteiger partial charge in [0.05, 0.1) is 0 Å². The molecule has 2 N–H and O–H groups in total. The van der Waals surface area contributed by atoms with Crippen molar-refractivity contribution in [1.82, 2.24) is 10.6 Å². The van der Waals surface area contributed by atoms with Gasteiger partial charge >= 0.3 is 0 Å². The number of hydrogen-bond donors (Lipinski definition) is 2. The van der Waals surface area contributed by atoms with Gasteiger partial charge in [-0.2, -0.15) is 11.8 Å². The lowest BCUT2D eigenvalue weighted by Crippen LogP contribution is -2.33. The largest absolute Gasteiger partial charge is 0.355 e. The van der Waals surface area contributed by atoms with Gasteiger partial charge < -0.3 is 10.6 Å². The number of hydrogen-bond acceptors (Lipinski definition) is 3. The molecule has 0 unspecified atom stereocenters. The highest BCUT2D eigenvalue weighted by Crippen LogP contribution is 2.24. The van der Waals surface area contributed by atoms with Gasteiger partial charge in [0.1, 0.15) is 0 Å². The smallest absolute Gasteiger partial charge is 0.220 e. The van der Waals surface area contributed by atoms with Crippen LogP contribution in [0.3, 0.4) is 0 Å². The molecule has 1 saturated heterocycles. The standard InChI is InChI=1S/C11H22N2OS/c1-2-12-5-6-13-11(14)9-10-3-7-15-8-4-10/h10,12H,2-9H2,1H3,(H,13,14). The van der Waals surface area contributed by atoms with E-state index in [-0.39, 0.29) is 5.91 Å². The summed E-state index contributed by atoms with van der Waals surface area (Å²) in [7, 11) is 0. The molecule has 88 valence electrons. The van der Waals surface area contributed by atoms with Gasteiger partial charge in [0.2, 0.25) is 5.91 Å². The molecular formula is C11H22N2OS. The van der Waals surface area contributed by atoms with Crippen LogP contribution in [0.25, 0.3) is 0 Å². The Kier molecular flexibility index (Phi) is 6.85. The third-order valence-corrected chi connectivity index (χ3v) is 3.74. The third-order valence-electron chi connectivity index (χ3n) is 2.69. The molecule has 1 heterocycles. The first-order chi connectivity index (χ1) is 7.33. The van der Waals surface area contributed by atoms with Crippen LogP contribution in [-0.4, -0.2) is 37.0 Å². The quantitative estimate of drug-likeness (QED) is 0.675. The molecule has 0 radical (unpaired) electrons. The van der Waals surface area contributed by atoms with E-state index in [0.29, 0.717) is 5.92 Å². The van der Waals surface area contributed by atoms with E-state index in [2.05, 4.69) is 17.6 Å². The molecule has 1 rings (SSSR count). The van der Waals surface area contributed by atoms with Crippen LogP contribution in [0.4, 0.5) is 0 Å². The van der Waals surface area contributed by atoms with Gasteiger partial charge in [0.15, 0.2) is 0 Å². The lowest BCUT2D eigenvalue weighted by atomic mass is 9.98. The molecule has 0 spiro atoms. The second-order valence-electron chi connectivity index (χ2n) is 3.96. The minimum Gasteiger partial charge on any atom is -0.355 e. The van der Waals surface area contributed by atoms with E-state index in [4.69, 9.17) is 0 Å². The summed E-state index contributed by atoms with van der Waals surface area (Å²) in [5.41, 5.74) is 0. The Morgan fingerprint density at radius 1 is 1.33 bits per heavy atom. The first kappa shape index (κ1) is 12.8. The van der Waals surface area contributed by atoms with E-state index >= 15 is 0 Å². The molecule has 3 nitrogen and oxygen atoms in total. The summed E-state index contributed by atoms with van der Waals surface area (Å²) in [6.45, 7) is 4.67. The summed E-state index contributed by atoms with van der Waals surface area (Å²) >= 11 is 2.01. The molecule has 0 bridgehead atoms. The van der Waals surface area contributed by atoms with Crippen LogP contribution < -0.4 is 10.6 Å². The fourth-order valence-electron chi connectivity index (χ4n) is 1.75. The molecule has 1 aliphatic rings. The van der Waals surface area contributed by atoms with Crippen molar-refractivity contribution in [3.8, 4) is 0 Å². The molecule has 1 amide bonds. The van der Waals surface area contributed by atoms with E-state index < -0.39 is 0 Å². The Bertz CT molecular complexity index is 181. The molecular weight excluding hydrogens is 208 g/mol. The minimum absolute atomic E-state index is 0.227. The summed E-state index contributed by atoms with van der Waals surface area (Å²) in [6.07, 6.45) is 3.16. The summed E-state index contributed by atoms with van der Waals surface area (Å²) in [5, 5.41) is 6.15. The molecule has 0 atom stereocenters. The molecule has 0 aromatic rings. The zero-order valence-electron chi connectivity index (χ0n) is 9.55. The number of carbonyl (C=O) groups excluding carboxylic acids is 1. The SMILES string of the molecule is CCNCCNC(=O)CC1CCSCC1. The Hall–Kier alpha value is -0.220. The zero-order valence-corrected chi connectivity index (χ0v) is 10.4. The van der Waals surface area contributed by atoms with Crippen LogP contribution >= 0.6 is 11.8 Å². The third kappa shape index (κ3) is 6.05. The Balaban J connectivity index is 2.01. The molecule has 1 fully saturated rings. The highest BCUT2D eigenvalue weighted by Gasteiger charge is 2.16. The average molecular weight is 230 g/mol. The van der Waals surface area contributed by atoms with Crippen molar-refractivity contribution in [3.05, 3.63) is 0 Å². The molecule has 0 aromatic carbocycles. The lowest BCUT2D eigenvalue weighted by molar-refractivity contribution is -0.122. The second kappa shape index (κ2) is 7.99. The fourth-order valence-corrected chi connectivity index (χ4v) is 2.96. The van der Waals surface area contributed by atoms with Crippen molar-refractivity contribution in [2.75, 3.05) is 31.1 Å². The summed E-state index contributed by atoms with van der Waals surface area (Å²) in [5.74, 6) is 3.32. The van der Waals surface area contributed by atoms with Crippen molar-refractivity contribution in [2.24, 2.45) is 5.92 Å². The highest BCUT2D eigenvalue weighted by molar-refractivity contribution is 7.99. The van der Waals surface area contributed by atoms with Crippen molar-refractivity contribution in [1.29, 1.82) is 0 Å². The number of carbonyl (C=O) groups is 1. The maximum absolute atomic E-state index is 11.5. The van der Waals surface area contributed by atoms with Crippen molar-refractivity contribution in [3.63, 3.8) is 0 Å². The number of amides is 1.